The summed E-state index contributed by atoms with van der Waals surface area (Å²) in [6.07, 6.45) is 1.03. The van der Waals surface area contributed by atoms with Crippen molar-refractivity contribution in [2.45, 2.75) is 19.4 Å². The standard InChI is InChI=1S/C22H23ClN2O4/c1-28-19-11-20(29-2)18(10-17(19)23)25-13-16(9-21(25)26)22(27)24-8-7-14-5-3-4-6-15(14)12-24/h3-6,10-11,16H,7-9,12-13H2,1-2H3. The van der Waals surface area contributed by atoms with Gasteiger partial charge in [-0.05, 0) is 23.6 Å². The van der Waals surface area contributed by atoms with E-state index in [2.05, 4.69) is 12.1 Å². The number of carbonyl (C=O) groups excluding carboxylic acids is 2. The van der Waals surface area contributed by atoms with E-state index in [1.165, 1.54) is 25.3 Å². The molecule has 29 heavy (non-hydrogen) atoms. The van der Waals surface area contributed by atoms with Gasteiger partial charge in [0.25, 0.3) is 0 Å². The van der Waals surface area contributed by atoms with Crippen molar-refractivity contribution in [2.75, 3.05) is 32.2 Å². The highest BCUT2D eigenvalue weighted by Gasteiger charge is 2.39. The zero-order valence-electron chi connectivity index (χ0n) is 16.5. The number of amides is 2. The molecule has 4 rings (SSSR count). The summed E-state index contributed by atoms with van der Waals surface area (Å²) in [6.45, 7) is 1.59. The van der Waals surface area contributed by atoms with Crippen LogP contribution in [0.5, 0.6) is 11.5 Å². The Morgan fingerprint density at radius 1 is 1.10 bits per heavy atom. The fourth-order valence-electron chi connectivity index (χ4n) is 4.10. The third kappa shape index (κ3) is 3.65. The van der Waals surface area contributed by atoms with Crippen LogP contribution in [0, 0.1) is 5.92 Å². The first-order chi connectivity index (χ1) is 14.0. The fraction of sp³-hybridized carbons (Fsp3) is 0.364. The van der Waals surface area contributed by atoms with E-state index in [1.54, 1.807) is 17.0 Å². The van der Waals surface area contributed by atoms with E-state index in [-0.39, 0.29) is 24.2 Å². The third-order valence-electron chi connectivity index (χ3n) is 5.66. The molecule has 0 saturated carbocycles. The Balaban J connectivity index is 1.53. The molecule has 2 aromatic carbocycles. The van der Waals surface area contributed by atoms with Gasteiger partial charge in [-0.25, -0.2) is 0 Å². The van der Waals surface area contributed by atoms with Crippen LogP contribution >= 0.6 is 11.6 Å². The number of ether oxygens (including phenoxy) is 2. The summed E-state index contributed by atoms with van der Waals surface area (Å²) in [5, 5.41) is 0.388. The minimum absolute atomic E-state index is 0.0222. The Morgan fingerprint density at radius 3 is 2.55 bits per heavy atom. The molecule has 0 spiro atoms. The number of methoxy groups -OCH3 is 2. The van der Waals surface area contributed by atoms with E-state index in [0.29, 0.717) is 41.8 Å². The lowest BCUT2D eigenvalue weighted by Crippen LogP contribution is -2.40. The molecule has 0 N–H and O–H groups in total. The normalized spacial score (nSPS) is 18.6. The Kier molecular flexibility index (Phi) is 5.37. The number of hydrogen-bond acceptors (Lipinski definition) is 4. The molecule has 0 aliphatic carbocycles. The van der Waals surface area contributed by atoms with Crippen molar-refractivity contribution in [3.63, 3.8) is 0 Å². The van der Waals surface area contributed by atoms with Crippen LogP contribution in [0.2, 0.25) is 5.02 Å². The Labute approximate surface area is 174 Å². The van der Waals surface area contributed by atoms with Crippen molar-refractivity contribution in [3.05, 3.63) is 52.5 Å². The van der Waals surface area contributed by atoms with Crippen LogP contribution in [0.1, 0.15) is 17.5 Å². The number of halogens is 1. The molecule has 6 nitrogen and oxygen atoms in total. The molecule has 2 aliphatic heterocycles. The lowest BCUT2D eigenvalue weighted by molar-refractivity contribution is -0.136. The smallest absolute Gasteiger partial charge is 0.228 e. The number of benzene rings is 2. The molecule has 1 atom stereocenters. The van der Waals surface area contributed by atoms with Gasteiger partial charge >= 0.3 is 0 Å². The lowest BCUT2D eigenvalue weighted by Gasteiger charge is -2.30. The summed E-state index contributed by atoms with van der Waals surface area (Å²) in [6, 6.07) is 11.5. The van der Waals surface area contributed by atoms with Gasteiger partial charge in [0, 0.05) is 32.1 Å². The summed E-state index contributed by atoms with van der Waals surface area (Å²) < 4.78 is 10.6. The molecule has 2 aliphatic rings. The predicted molar refractivity (Wildman–Crippen MR) is 111 cm³/mol. The van der Waals surface area contributed by atoms with Crippen molar-refractivity contribution < 1.29 is 19.1 Å². The van der Waals surface area contributed by atoms with Crippen LogP contribution in [-0.4, -0.2) is 44.0 Å². The largest absolute Gasteiger partial charge is 0.495 e. The highest BCUT2D eigenvalue weighted by atomic mass is 35.5. The van der Waals surface area contributed by atoms with Crippen molar-refractivity contribution >= 4 is 29.1 Å². The van der Waals surface area contributed by atoms with E-state index in [9.17, 15) is 9.59 Å². The molecular formula is C22H23ClN2O4. The second-order valence-electron chi connectivity index (χ2n) is 7.34. The van der Waals surface area contributed by atoms with E-state index in [4.69, 9.17) is 21.1 Å². The van der Waals surface area contributed by atoms with Crippen molar-refractivity contribution in [3.8, 4) is 11.5 Å². The van der Waals surface area contributed by atoms with E-state index in [1.807, 2.05) is 17.0 Å². The predicted octanol–water partition coefficient (Wildman–Crippen LogP) is 3.30. The molecule has 2 aromatic rings. The van der Waals surface area contributed by atoms with Gasteiger partial charge in [0.1, 0.15) is 11.5 Å². The molecular weight excluding hydrogens is 392 g/mol. The summed E-state index contributed by atoms with van der Waals surface area (Å²) >= 11 is 6.26. The molecule has 2 amide bonds. The van der Waals surface area contributed by atoms with Gasteiger partial charge < -0.3 is 19.3 Å². The molecule has 1 unspecified atom stereocenters. The minimum Gasteiger partial charge on any atom is -0.495 e. The first-order valence-electron chi connectivity index (χ1n) is 9.59. The van der Waals surface area contributed by atoms with Gasteiger partial charge in [0.2, 0.25) is 11.8 Å². The van der Waals surface area contributed by atoms with Gasteiger partial charge in [-0.15, -0.1) is 0 Å². The third-order valence-corrected chi connectivity index (χ3v) is 5.96. The Hall–Kier alpha value is -2.73. The molecule has 1 fully saturated rings. The first-order valence-corrected chi connectivity index (χ1v) is 9.97. The average molecular weight is 415 g/mol. The number of fused-ring (bicyclic) bond motifs is 1. The number of rotatable bonds is 4. The zero-order valence-corrected chi connectivity index (χ0v) is 17.2. The zero-order chi connectivity index (χ0) is 20.5. The molecule has 0 bridgehead atoms. The number of carbonyl (C=O) groups is 2. The van der Waals surface area contributed by atoms with Crippen LogP contribution < -0.4 is 14.4 Å². The fourth-order valence-corrected chi connectivity index (χ4v) is 4.34. The molecule has 2 heterocycles. The van der Waals surface area contributed by atoms with E-state index < -0.39 is 0 Å². The van der Waals surface area contributed by atoms with Crippen LogP contribution in [0.15, 0.2) is 36.4 Å². The number of nitrogens with zero attached hydrogens (tertiary/aromatic N) is 2. The summed E-state index contributed by atoms with van der Waals surface area (Å²) in [5.74, 6) is 0.491. The summed E-state index contributed by atoms with van der Waals surface area (Å²) in [5.41, 5.74) is 3.03. The second kappa shape index (κ2) is 7.95. The molecule has 0 radical (unpaired) electrons. The first kappa shape index (κ1) is 19.6. The number of anilines is 1. The molecule has 1 saturated heterocycles. The van der Waals surface area contributed by atoms with E-state index >= 15 is 0 Å². The van der Waals surface area contributed by atoms with E-state index in [0.717, 1.165) is 6.42 Å². The topological polar surface area (TPSA) is 59.1 Å². The second-order valence-corrected chi connectivity index (χ2v) is 7.75. The van der Waals surface area contributed by atoms with Crippen molar-refractivity contribution in [2.24, 2.45) is 5.92 Å². The number of hydrogen-bond donors (Lipinski definition) is 0. The SMILES string of the molecule is COc1cc(OC)c(N2CC(C(=O)N3CCc4ccccc4C3)CC2=O)cc1Cl. The van der Waals surface area contributed by atoms with Gasteiger partial charge in [-0.3, -0.25) is 9.59 Å². The summed E-state index contributed by atoms with van der Waals surface area (Å²) in [7, 11) is 3.05. The quantitative estimate of drug-likeness (QED) is 0.770. The van der Waals surface area contributed by atoms with Crippen LogP contribution in [-0.2, 0) is 22.6 Å². The average Bonchev–Trinajstić information content (AvgIpc) is 3.14. The van der Waals surface area contributed by atoms with Gasteiger partial charge in [0.15, 0.2) is 0 Å². The maximum atomic E-state index is 13.1. The highest BCUT2D eigenvalue weighted by molar-refractivity contribution is 6.32. The maximum Gasteiger partial charge on any atom is 0.228 e. The molecule has 7 heteroatoms. The van der Waals surface area contributed by atoms with Crippen LogP contribution in [0.4, 0.5) is 5.69 Å². The lowest BCUT2D eigenvalue weighted by atomic mass is 9.98. The van der Waals surface area contributed by atoms with Crippen LogP contribution in [0.3, 0.4) is 0 Å². The van der Waals surface area contributed by atoms with Crippen molar-refractivity contribution in [1.29, 1.82) is 0 Å². The maximum absolute atomic E-state index is 13.1. The summed E-state index contributed by atoms with van der Waals surface area (Å²) in [4.78, 5) is 29.3. The molecule has 0 aromatic heterocycles. The molecule has 152 valence electrons. The highest BCUT2D eigenvalue weighted by Crippen LogP contribution is 2.40. The monoisotopic (exact) mass is 414 g/mol. The van der Waals surface area contributed by atoms with Gasteiger partial charge in [0.05, 0.1) is 30.8 Å². The Morgan fingerprint density at radius 2 is 1.83 bits per heavy atom. The Bertz CT molecular complexity index is 962. The van der Waals surface area contributed by atoms with Crippen LogP contribution in [0.25, 0.3) is 0 Å². The van der Waals surface area contributed by atoms with Crippen molar-refractivity contribution in [1.82, 2.24) is 4.90 Å². The van der Waals surface area contributed by atoms with Gasteiger partial charge in [-0.2, -0.15) is 0 Å². The van der Waals surface area contributed by atoms with Gasteiger partial charge in [-0.1, -0.05) is 35.9 Å². The minimum atomic E-state index is -0.377.